The van der Waals surface area contributed by atoms with E-state index in [1.54, 1.807) is 17.4 Å². The Balaban J connectivity index is 2.63. The molecule has 106 valence electrons. The van der Waals surface area contributed by atoms with Gasteiger partial charge in [0.05, 0.1) is 0 Å². The molecule has 1 aromatic rings. The quantitative estimate of drug-likeness (QED) is 0.815. The van der Waals surface area contributed by atoms with Crippen molar-refractivity contribution in [3.8, 4) is 0 Å². The van der Waals surface area contributed by atoms with E-state index in [0.29, 0.717) is 6.42 Å². The molecule has 1 atom stereocenters. The van der Waals surface area contributed by atoms with Gasteiger partial charge in [-0.2, -0.15) is 0 Å². The van der Waals surface area contributed by atoms with E-state index in [-0.39, 0.29) is 24.0 Å². The SMILES string of the molecule is Cc1ccsc1/C=C/C(=O)NC(CCO)C(C)(C)C. The molecule has 0 bridgehead atoms. The molecule has 2 N–H and O–H groups in total. The minimum absolute atomic E-state index is 0.0286. The zero-order chi connectivity index (χ0) is 14.5. The number of aryl methyl sites for hydroxylation is 1. The average Bonchev–Trinajstić information content (AvgIpc) is 2.70. The van der Waals surface area contributed by atoms with Crippen LogP contribution in [-0.4, -0.2) is 23.7 Å². The molecule has 1 amide bonds. The summed E-state index contributed by atoms with van der Waals surface area (Å²) in [6, 6.07) is 2.01. The summed E-state index contributed by atoms with van der Waals surface area (Å²) >= 11 is 1.62. The van der Waals surface area contributed by atoms with E-state index < -0.39 is 0 Å². The fraction of sp³-hybridized carbons (Fsp3) is 0.533. The van der Waals surface area contributed by atoms with E-state index in [1.807, 2.05) is 24.4 Å². The molecule has 1 unspecified atom stereocenters. The fourth-order valence-electron chi connectivity index (χ4n) is 1.78. The molecule has 19 heavy (non-hydrogen) atoms. The number of carbonyl (C=O) groups excluding carboxylic acids is 1. The zero-order valence-electron chi connectivity index (χ0n) is 12.1. The van der Waals surface area contributed by atoms with Crippen molar-refractivity contribution in [2.75, 3.05) is 6.61 Å². The molecule has 3 nitrogen and oxygen atoms in total. The second-order valence-electron chi connectivity index (χ2n) is 5.74. The molecule has 0 saturated carbocycles. The highest BCUT2D eigenvalue weighted by atomic mass is 32.1. The van der Waals surface area contributed by atoms with Crippen molar-refractivity contribution in [2.24, 2.45) is 5.41 Å². The molecule has 0 aliphatic carbocycles. The van der Waals surface area contributed by atoms with Crippen molar-refractivity contribution < 1.29 is 9.90 Å². The molecule has 0 aromatic carbocycles. The first-order valence-corrected chi connectivity index (χ1v) is 7.36. The standard InChI is InChI=1S/C15H23NO2S/c1-11-8-10-19-12(11)5-6-14(18)16-13(7-9-17)15(2,3)4/h5-6,8,10,13,17H,7,9H2,1-4H3,(H,16,18)/b6-5+. The largest absolute Gasteiger partial charge is 0.396 e. The van der Waals surface area contributed by atoms with Crippen molar-refractivity contribution >= 4 is 23.3 Å². The van der Waals surface area contributed by atoms with E-state index >= 15 is 0 Å². The molecule has 1 aromatic heterocycles. The van der Waals surface area contributed by atoms with Crippen molar-refractivity contribution in [3.63, 3.8) is 0 Å². The van der Waals surface area contributed by atoms with Gasteiger partial charge in [0.1, 0.15) is 0 Å². The number of hydrogen-bond donors (Lipinski definition) is 2. The van der Waals surface area contributed by atoms with Gasteiger partial charge in [0.15, 0.2) is 0 Å². The molecule has 4 heteroatoms. The minimum atomic E-state index is -0.110. The molecule has 0 aliphatic heterocycles. The van der Waals surface area contributed by atoms with Crippen LogP contribution in [0.5, 0.6) is 0 Å². The lowest BCUT2D eigenvalue weighted by Gasteiger charge is -2.30. The number of thiophene rings is 1. The lowest BCUT2D eigenvalue weighted by atomic mass is 9.85. The molecular weight excluding hydrogens is 258 g/mol. The van der Waals surface area contributed by atoms with E-state index in [9.17, 15) is 4.79 Å². The maximum atomic E-state index is 11.9. The van der Waals surface area contributed by atoms with Crippen molar-refractivity contribution in [1.29, 1.82) is 0 Å². The minimum Gasteiger partial charge on any atom is -0.396 e. The Bertz CT molecular complexity index is 443. The predicted octanol–water partition coefficient (Wildman–Crippen LogP) is 2.98. The number of aliphatic hydroxyl groups is 1. The van der Waals surface area contributed by atoms with Crippen LogP contribution in [0.15, 0.2) is 17.5 Å². The topological polar surface area (TPSA) is 49.3 Å². The van der Waals surface area contributed by atoms with Crippen LogP contribution in [0.4, 0.5) is 0 Å². The highest BCUT2D eigenvalue weighted by Crippen LogP contribution is 2.22. The highest BCUT2D eigenvalue weighted by molar-refractivity contribution is 7.11. The van der Waals surface area contributed by atoms with Crippen LogP contribution < -0.4 is 5.32 Å². The number of carbonyl (C=O) groups is 1. The average molecular weight is 281 g/mol. The monoisotopic (exact) mass is 281 g/mol. The first-order valence-electron chi connectivity index (χ1n) is 6.48. The summed E-state index contributed by atoms with van der Waals surface area (Å²) in [5.41, 5.74) is 1.11. The Labute approximate surface area is 119 Å². The summed E-state index contributed by atoms with van der Waals surface area (Å²) in [6.07, 6.45) is 3.98. The van der Waals surface area contributed by atoms with Gasteiger partial charge >= 0.3 is 0 Å². The smallest absolute Gasteiger partial charge is 0.244 e. The fourth-order valence-corrected chi connectivity index (χ4v) is 2.60. The third-order valence-electron chi connectivity index (χ3n) is 3.07. The zero-order valence-corrected chi connectivity index (χ0v) is 12.9. The molecular formula is C15H23NO2S. The summed E-state index contributed by atoms with van der Waals surface area (Å²) in [6.45, 7) is 8.27. The molecule has 1 rings (SSSR count). The van der Waals surface area contributed by atoms with Gasteiger partial charge in [0, 0.05) is 23.6 Å². The van der Waals surface area contributed by atoms with Crippen LogP contribution >= 0.6 is 11.3 Å². The van der Waals surface area contributed by atoms with Crippen LogP contribution in [0.1, 0.15) is 37.6 Å². The maximum Gasteiger partial charge on any atom is 0.244 e. The second-order valence-corrected chi connectivity index (χ2v) is 6.69. The Kier molecular flexibility index (Phi) is 5.76. The lowest BCUT2D eigenvalue weighted by molar-refractivity contribution is -0.118. The number of aliphatic hydroxyl groups excluding tert-OH is 1. The van der Waals surface area contributed by atoms with Gasteiger partial charge in [-0.3, -0.25) is 4.79 Å². The Hall–Kier alpha value is -1.13. The van der Waals surface area contributed by atoms with E-state index in [4.69, 9.17) is 5.11 Å². The molecule has 0 aliphatic rings. The lowest BCUT2D eigenvalue weighted by Crippen LogP contribution is -2.43. The Morgan fingerprint density at radius 2 is 2.21 bits per heavy atom. The van der Waals surface area contributed by atoms with E-state index in [0.717, 1.165) is 4.88 Å². The molecule has 0 saturated heterocycles. The summed E-state index contributed by atoms with van der Waals surface area (Å²) in [4.78, 5) is 13.0. The van der Waals surface area contributed by atoms with E-state index in [2.05, 4.69) is 26.1 Å². The third-order valence-corrected chi connectivity index (χ3v) is 4.05. The van der Waals surface area contributed by atoms with Crippen LogP contribution in [-0.2, 0) is 4.79 Å². The summed E-state index contributed by atoms with van der Waals surface area (Å²) in [5.74, 6) is -0.110. The van der Waals surface area contributed by atoms with Gasteiger partial charge in [0.2, 0.25) is 5.91 Å². The van der Waals surface area contributed by atoms with Crippen LogP contribution in [0.2, 0.25) is 0 Å². The molecule has 0 fully saturated rings. The highest BCUT2D eigenvalue weighted by Gasteiger charge is 2.24. The van der Waals surface area contributed by atoms with Gasteiger partial charge in [0.25, 0.3) is 0 Å². The summed E-state index contributed by atoms with van der Waals surface area (Å²) < 4.78 is 0. The predicted molar refractivity (Wildman–Crippen MR) is 81.2 cm³/mol. The second kappa shape index (κ2) is 6.87. The number of rotatable bonds is 5. The van der Waals surface area contributed by atoms with Crippen LogP contribution in [0, 0.1) is 12.3 Å². The van der Waals surface area contributed by atoms with Crippen molar-refractivity contribution in [3.05, 3.63) is 28.0 Å². The first kappa shape index (κ1) is 15.9. The number of amides is 1. The summed E-state index contributed by atoms with van der Waals surface area (Å²) in [7, 11) is 0. The molecule has 0 spiro atoms. The summed E-state index contributed by atoms with van der Waals surface area (Å²) in [5, 5.41) is 14.0. The van der Waals surface area contributed by atoms with Crippen molar-refractivity contribution in [2.45, 2.75) is 40.2 Å². The third kappa shape index (κ3) is 5.17. The van der Waals surface area contributed by atoms with E-state index in [1.165, 1.54) is 5.56 Å². The van der Waals surface area contributed by atoms with Gasteiger partial charge in [-0.25, -0.2) is 0 Å². The number of nitrogens with one attached hydrogen (secondary N) is 1. The Morgan fingerprint density at radius 1 is 1.53 bits per heavy atom. The van der Waals surface area contributed by atoms with Crippen LogP contribution in [0.25, 0.3) is 6.08 Å². The Morgan fingerprint density at radius 3 is 2.68 bits per heavy atom. The van der Waals surface area contributed by atoms with Crippen molar-refractivity contribution in [1.82, 2.24) is 5.32 Å². The molecule has 0 radical (unpaired) electrons. The van der Waals surface area contributed by atoms with Gasteiger partial charge in [-0.05, 0) is 41.8 Å². The molecule has 1 heterocycles. The number of hydrogen-bond acceptors (Lipinski definition) is 3. The van der Waals surface area contributed by atoms with Gasteiger partial charge in [-0.15, -0.1) is 11.3 Å². The normalized spacial score (nSPS) is 13.7. The van der Waals surface area contributed by atoms with Crippen LogP contribution in [0.3, 0.4) is 0 Å². The van der Waals surface area contributed by atoms with Gasteiger partial charge in [-0.1, -0.05) is 20.8 Å². The maximum absolute atomic E-state index is 11.9. The first-order chi connectivity index (χ1) is 8.84. The van der Waals surface area contributed by atoms with Gasteiger partial charge < -0.3 is 10.4 Å².